The van der Waals surface area contributed by atoms with E-state index in [4.69, 9.17) is 18.3 Å². The van der Waals surface area contributed by atoms with E-state index in [2.05, 4.69) is 4.90 Å². The van der Waals surface area contributed by atoms with Crippen molar-refractivity contribution in [2.24, 2.45) is 0 Å². The summed E-state index contributed by atoms with van der Waals surface area (Å²) >= 11 is 0. The molecule has 3 aromatic carbocycles. The van der Waals surface area contributed by atoms with E-state index < -0.39 is 5.63 Å². The van der Waals surface area contributed by atoms with E-state index in [9.17, 15) is 9.59 Å². The van der Waals surface area contributed by atoms with Crippen LogP contribution in [-0.4, -0.2) is 50.1 Å². The molecule has 7 nitrogen and oxygen atoms in total. The van der Waals surface area contributed by atoms with Gasteiger partial charge in [-0.2, -0.15) is 0 Å². The van der Waals surface area contributed by atoms with Crippen LogP contribution in [0.5, 0.6) is 5.75 Å². The monoisotopic (exact) mass is 523 g/mol. The van der Waals surface area contributed by atoms with Gasteiger partial charge in [-0.1, -0.05) is 42.5 Å². The molecule has 39 heavy (non-hydrogen) atoms. The fourth-order valence-electron chi connectivity index (χ4n) is 5.16. The molecule has 0 atom stereocenters. The fraction of sp³-hybridized carbons (Fsp3) is 0.250. The number of morpholine rings is 1. The zero-order valence-corrected chi connectivity index (χ0v) is 21.8. The molecule has 5 aromatic rings. The summed E-state index contributed by atoms with van der Waals surface area (Å²) in [6.45, 7) is 6.82. The third-order valence-electron chi connectivity index (χ3n) is 7.13. The number of rotatable bonds is 8. The topological polar surface area (TPSA) is 82.1 Å². The van der Waals surface area contributed by atoms with Gasteiger partial charge in [0.2, 0.25) is 5.78 Å². The van der Waals surface area contributed by atoms with Gasteiger partial charge >= 0.3 is 5.63 Å². The van der Waals surface area contributed by atoms with Crippen LogP contribution in [0.25, 0.3) is 33.1 Å². The Kier molecular flexibility index (Phi) is 7.00. The van der Waals surface area contributed by atoms with E-state index in [1.54, 1.807) is 12.1 Å². The molecule has 7 heteroatoms. The van der Waals surface area contributed by atoms with Gasteiger partial charge in [0.1, 0.15) is 16.9 Å². The predicted octanol–water partition coefficient (Wildman–Crippen LogP) is 5.85. The average Bonchev–Trinajstić information content (AvgIpc) is 3.36. The second-order valence-electron chi connectivity index (χ2n) is 9.75. The number of benzene rings is 3. The first-order valence-corrected chi connectivity index (χ1v) is 13.2. The Bertz CT molecular complexity index is 1700. The van der Waals surface area contributed by atoms with Crippen molar-refractivity contribution in [3.05, 3.63) is 100 Å². The first kappa shape index (κ1) is 25.1. The maximum Gasteiger partial charge on any atom is 0.336 e. The molecule has 3 heterocycles. The molecule has 2 aromatic heterocycles. The van der Waals surface area contributed by atoms with Crippen LogP contribution in [0.1, 0.15) is 28.1 Å². The van der Waals surface area contributed by atoms with Crippen LogP contribution in [0.4, 0.5) is 0 Å². The summed E-state index contributed by atoms with van der Waals surface area (Å²) in [7, 11) is 0. The molecule has 0 bridgehead atoms. The Hall–Kier alpha value is -4.20. The lowest BCUT2D eigenvalue weighted by molar-refractivity contribution is 0.0358. The van der Waals surface area contributed by atoms with Crippen LogP contribution in [0.2, 0.25) is 0 Å². The average molecular weight is 524 g/mol. The molecule has 0 radical (unpaired) electrons. The zero-order chi connectivity index (χ0) is 26.8. The Balaban J connectivity index is 1.35. The van der Waals surface area contributed by atoms with Gasteiger partial charge in [0.25, 0.3) is 0 Å². The summed E-state index contributed by atoms with van der Waals surface area (Å²) in [5.41, 5.74) is 3.11. The van der Waals surface area contributed by atoms with Gasteiger partial charge in [-0.25, -0.2) is 4.79 Å². The second-order valence-corrected chi connectivity index (χ2v) is 9.75. The quantitative estimate of drug-likeness (QED) is 0.143. The Morgan fingerprint density at radius 1 is 0.949 bits per heavy atom. The van der Waals surface area contributed by atoms with Crippen molar-refractivity contribution in [2.45, 2.75) is 13.3 Å². The molecular weight excluding hydrogens is 494 g/mol. The number of ketones is 1. The van der Waals surface area contributed by atoms with Crippen LogP contribution >= 0.6 is 0 Å². The van der Waals surface area contributed by atoms with Gasteiger partial charge in [0.05, 0.1) is 25.2 Å². The highest BCUT2D eigenvalue weighted by molar-refractivity contribution is 6.20. The van der Waals surface area contributed by atoms with Gasteiger partial charge < -0.3 is 18.3 Å². The summed E-state index contributed by atoms with van der Waals surface area (Å²) < 4.78 is 23.3. The molecular formula is C32H29NO6. The molecule has 0 unspecified atom stereocenters. The zero-order valence-electron chi connectivity index (χ0n) is 21.8. The minimum Gasteiger partial charge on any atom is -0.494 e. The number of hydrogen-bond acceptors (Lipinski definition) is 7. The molecule has 198 valence electrons. The maximum absolute atomic E-state index is 13.9. The van der Waals surface area contributed by atoms with Crippen LogP contribution < -0.4 is 10.4 Å². The molecule has 6 rings (SSSR count). The highest BCUT2D eigenvalue weighted by Gasteiger charge is 2.26. The molecule has 0 aliphatic carbocycles. The minimum atomic E-state index is -0.445. The smallest absolute Gasteiger partial charge is 0.336 e. The largest absolute Gasteiger partial charge is 0.494 e. The highest BCUT2D eigenvalue weighted by Crippen LogP contribution is 2.40. The van der Waals surface area contributed by atoms with E-state index in [0.29, 0.717) is 40.0 Å². The first-order chi connectivity index (χ1) is 19.1. The van der Waals surface area contributed by atoms with Crippen molar-refractivity contribution >= 4 is 27.7 Å². The second kappa shape index (κ2) is 10.9. The maximum atomic E-state index is 13.9. The molecule has 1 aliphatic heterocycles. The van der Waals surface area contributed by atoms with Crippen molar-refractivity contribution in [1.82, 2.24) is 4.90 Å². The number of furan rings is 1. The Morgan fingerprint density at radius 2 is 1.77 bits per heavy atom. The summed E-state index contributed by atoms with van der Waals surface area (Å²) in [6.07, 6.45) is 0.887. The van der Waals surface area contributed by atoms with Crippen molar-refractivity contribution < 1.29 is 23.1 Å². The molecule has 0 N–H and O–H groups in total. The Labute approximate surface area is 225 Å². The first-order valence-electron chi connectivity index (χ1n) is 13.2. The summed E-state index contributed by atoms with van der Waals surface area (Å²) in [6, 6.07) is 21.9. The SMILES string of the molecule is Cc1cc(=O)oc2c1ccc1oc(C(=O)c3cccc(OCCCN4CCOCC4)c3)c(-c3ccccc3)c12. The highest BCUT2D eigenvalue weighted by atomic mass is 16.5. The van der Waals surface area contributed by atoms with Crippen LogP contribution in [0.15, 0.2) is 86.4 Å². The lowest BCUT2D eigenvalue weighted by Gasteiger charge is -2.26. The van der Waals surface area contributed by atoms with E-state index in [1.165, 1.54) is 6.07 Å². The van der Waals surface area contributed by atoms with Crippen molar-refractivity contribution in [3.8, 4) is 16.9 Å². The number of fused-ring (bicyclic) bond motifs is 3. The molecule has 1 fully saturated rings. The molecule has 0 saturated carbocycles. The minimum absolute atomic E-state index is 0.192. The third-order valence-corrected chi connectivity index (χ3v) is 7.13. The lowest BCUT2D eigenvalue weighted by Crippen LogP contribution is -2.37. The fourth-order valence-corrected chi connectivity index (χ4v) is 5.16. The number of ether oxygens (including phenoxy) is 2. The van der Waals surface area contributed by atoms with Gasteiger partial charge in [-0.05, 0) is 48.7 Å². The van der Waals surface area contributed by atoms with Crippen molar-refractivity contribution in [2.75, 3.05) is 39.5 Å². The number of hydrogen-bond donors (Lipinski definition) is 0. The number of carbonyl (C=O) groups excluding carboxylic acids is 1. The van der Waals surface area contributed by atoms with E-state index >= 15 is 0 Å². The predicted molar refractivity (Wildman–Crippen MR) is 150 cm³/mol. The molecule has 0 spiro atoms. The van der Waals surface area contributed by atoms with Crippen molar-refractivity contribution in [3.63, 3.8) is 0 Å². The summed E-state index contributed by atoms with van der Waals surface area (Å²) in [4.78, 5) is 28.6. The third kappa shape index (κ3) is 5.11. The van der Waals surface area contributed by atoms with E-state index in [0.717, 1.165) is 55.8 Å². The molecule has 1 saturated heterocycles. The van der Waals surface area contributed by atoms with Gasteiger partial charge in [-0.15, -0.1) is 0 Å². The molecule has 0 amide bonds. The number of carbonyl (C=O) groups is 1. The Morgan fingerprint density at radius 3 is 2.59 bits per heavy atom. The number of nitrogens with zero attached hydrogens (tertiary/aromatic N) is 1. The number of aryl methyl sites for hydroxylation is 1. The standard InChI is InChI=1S/C32H29NO6/c1-21-19-27(34)39-31-25(21)11-12-26-29(31)28(22-7-3-2-4-8-22)32(38-26)30(35)23-9-5-10-24(20-23)37-16-6-13-33-14-17-36-18-15-33/h2-5,7-12,19-20H,6,13-18H2,1H3. The van der Waals surface area contributed by atoms with Crippen LogP contribution in [0, 0.1) is 6.92 Å². The summed E-state index contributed by atoms with van der Waals surface area (Å²) in [5, 5.41) is 1.41. The van der Waals surface area contributed by atoms with Gasteiger partial charge in [0.15, 0.2) is 5.76 Å². The summed E-state index contributed by atoms with van der Waals surface area (Å²) in [5.74, 6) is 0.552. The van der Waals surface area contributed by atoms with Crippen molar-refractivity contribution in [1.29, 1.82) is 0 Å². The normalized spacial score (nSPS) is 14.2. The van der Waals surface area contributed by atoms with E-state index in [1.807, 2.05) is 61.5 Å². The van der Waals surface area contributed by atoms with E-state index in [-0.39, 0.29) is 11.5 Å². The van der Waals surface area contributed by atoms with Gasteiger partial charge in [-0.3, -0.25) is 9.69 Å². The van der Waals surface area contributed by atoms with Gasteiger partial charge in [0, 0.05) is 42.2 Å². The van der Waals surface area contributed by atoms with Crippen LogP contribution in [-0.2, 0) is 4.74 Å². The van der Waals surface area contributed by atoms with Crippen LogP contribution in [0.3, 0.4) is 0 Å². The molecule has 1 aliphatic rings. The lowest BCUT2D eigenvalue weighted by atomic mass is 9.96.